The van der Waals surface area contributed by atoms with Crippen molar-refractivity contribution in [2.45, 2.75) is 11.3 Å². The van der Waals surface area contributed by atoms with Crippen LogP contribution in [0, 0.1) is 5.82 Å². The minimum Gasteiger partial charge on any atom is -0.396 e. The number of halogens is 4. The molecule has 1 aromatic carbocycles. The fraction of sp³-hybridized carbons (Fsp3) is 0.400. The summed E-state index contributed by atoms with van der Waals surface area (Å²) in [5.41, 5.74) is 4.98. The first-order valence-corrected chi connectivity index (χ1v) is 7.61. The molecule has 10 heteroatoms. The van der Waals surface area contributed by atoms with Crippen molar-refractivity contribution in [2.75, 3.05) is 25.5 Å². The molecule has 0 unspecified atom stereocenters. The smallest absolute Gasteiger partial charge is 0.261 e. The molecule has 3 N–H and O–H groups in total. The van der Waals surface area contributed by atoms with E-state index >= 15 is 0 Å². The molecule has 0 radical (unpaired) electrons. The molecule has 0 aliphatic carbocycles. The number of hydrogen-bond donors (Lipinski definition) is 2. The van der Waals surface area contributed by atoms with Gasteiger partial charge in [-0.1, -0.05) is 0 Å². The molecule has 0 aromatic heterocycles. The van der Waals surface area contributed by atoms with Crippen LogP contribution in [0.4, 0.5) is 18.9 Å². The van der Waals surface area contributed by atoms with Gasteiger partial charge in [-0.25, -0.2) is 26.3 Å². The van der Waals surface area contributed by atoms with Crippen molar-refractivity contribution >= 4 is 31.6 Å². The third kappa shape index (κ3) is 4.93. The minimum atomic E-state index is -3.94. The Morgan fingerprint density at radius 1 is 1.40 bits per heavy atom. The Morgan fingerprint density at radius 3 is 2.65 bits per heavy atom. The molecule has 0 fully saturated rings. The van der Waals surface area contributed by atoms with E-state index in [1.165, 1.54) is 0 Å². The molecular formula is C10H12BrF3N2O3S. The van der Waals surface area contributed by atoms with Gasteiger partial charge < -0.3 is 10.5 Å². The highest BCUT2D eigenvalue weighted by Crippen LogP contribution is 2.26. The summed E-state index contributed by atoms with van der Waals surface area (Å²) in [5, 5.41) is 0. The number of ether oxygens (including phenoxy) is 1. The van der Waals surface area contributed by atoms with Gasteiger partial charge in [0.15, 0.2) is 0 Å². The predicted octanol–water partition coefficient (Wildman–Crippen LogP) is 1.73. The average Bonchev–Trinajstić information content (AvgIpc) is 2.32. The van der Waals surface area contributed by atoms with Gasteiger partial charge in [-0.05, 0) is 28.1 Å². The van der Waals surface area contributed by atoms with Crippen LogP contribution in [0.3, 0.4) is 0 Å². The number of anilines is 1. The topological polar surface area (TPSA) is 81.4 Å². The fourth-order valence-electron chi connectivity index (χ4n) is 1.25. The van der Waals surface area contributed by atoms with E-state index in [1.54, 1.807) is 0 Å². The highest BCUT2D eigenvalue weighted by molar-refractivity contribution is 9.10. The van der Waals surface area contributed by atoms with Gasteiger partial charge in [0.1, 0.15) is 12.4 Å². The summed E-state index contributed by atoms with van der Waals surface area (Å²) in [6, 6.07) is 1.89. The Labute approximate surface area is 122 Å². The van der Waals surface area contributed by atoms with Gasteiger partial charge in [-0.2, -0.15) is 0 Å². The van der Waals surface area contributed by atoms with Gasteiger partial charge in [0, 0.05) is 11.0 Å². The van der Waals surface area contributed by atoms with E-state index in [9.17, 15) is 21.6 Å². The normalized spacial score (nSPS) is 12.1. The average molecular weight is 377 g/mol. The lowest BCUT2D eigenvalue weighted by molar-refractivity contribution is 0.0199. The van der Waals surface area contributed by atoms with Crippen LogP contribution in [0.5, 0.6) is 0 Å². The van der Waals surface area contributed by atoms with Crippen LogP contribution in [-0.2, 0) is 14.8 Å². The third-order valence-electron chi connectivity index (χ3n) is 2.12. The van der Waals surface area contributed by atoms with Crippen molar-refractivity contribution in [1.82, 2.24) is 4.72 Å². The van der Waals surface area contributed by atoms with Crippen molar-refractivity contribution < 1.29 is 26.3 Å². The standard InChI is InChI=1S/C10H12BrF3N2O3S/c11-6-3-7(12)8(15)4-9(6)20(17,18)16-1-2-19-5-10(13)14/h3-4,10,16H,1-2,5,15H2. The van der Waals surface area contributed by atoms with Gasteiger partial charge >= 0.3 is 0 Å². The van der Waals surface area contributed by atoms with Crippen molar-refractivity contribution in [1.29, 1.82) is 0 Å². The fourth-order valence-corrected chi connectivity index (χ4v) is 3.31. The van der Waals surface area contributed by atoms with Crippen molar-refractivity contribution in [3.05, 3.63) is 22.4 Å². The molecule has 0 amide bonds. The molecule has 0 bridgehead atoms. The van der Waals surface area contributed by atoms with Crippen LogP contribution in [0.25, 0.3) is 0 Å². The first kappa shape index (κ1) is 17.2. The minimum absolute atomic E-state index is 0.00481. The maximum absolute atomic E-state index is 13.1. The molecule has 0 aliphatic rings. The molecule has 0 atom stereocenters. The third-order valence-corrected chi connectivity index (χ3v) is 4.54. The number of nitrogens with one attached hydrogen (secondary N) is 1. The molecule has 114 valence electrons. The summed E-state index contributed by atoms with van der Waals surface area (Å²) in [4.78, 5) is -0.245. The lowest BCUT2D eigenvalue weighted by Crippen LogP contribution is -2.28. The van der Waals surface area contributed by atoms with Crippen LogP contribution in [0.15, 0.2) is 21.5 Å². The zero-order chi connectivity index (χ0) is 15.3. The van der Waals surface area contributed by atoms with Gasteiger partial charge in [0.05, 0.1) is 17.2 Å². The van der Waals surface area contributed by atoms with E-state index in [0.717, 1.165) is 12.1 Å². The molecule has 0 aliphatic heterocycles. The van der Waals surface area contributed by atoms with E-state index in [2.05, 4.69) is 25.4 Å². The van der Waals surface area contributed by atoms with Crippen molar-refractivity contribution in [3.8, 4) is 0 Å². The number of alkyl halides is 2. The maximum Gasteiger partial charge on any atom is 0.261 e. The Hall–Kier alpha value is -0.840. The molecule has 0 saturated carbocycles. The number of nitrogens with two attached hydrogens (primary N) is 1. The lowest BCUT2D eigenvalue weighted by atomic mass is 10.3. The molecule has 1 rings (SSSR count). The zero-order valence-corrected chi connectivity index (χ0v) is 12.5. The first-order valence-electron chi connectivity index (χ1n) is 5.34. The molecule has 0 heterocycles. The number of benzene rings is 1. The Bertz CT molecular complexity index is 569. The van der Waals surface area contributed by atoms with Crippen LogP contribution in [-0.4, -0.2) is 34.6 Å². The summed E-state index contributed by atoms with van der Waals surface area (Å²) in [7, 11) is -3.94. The Morgan fingerprint density at radius 2 is 2.05 bits per heavy atom. The monoisotopic (exact) mass is 376 g/mol. The second kappa shape index (κ2) is 7.25. The van der Waals surface area contributed by atoms with Crippen LogP contribution >= 0.6 is 15.9 Å². The molecule has 0 saturated heterocycles. The van der Waals surface area contributed by atoms with Gasteiger partial charge in [0.2, 0.25) is 10.0 Å². The second-order valence-electron chi connectivity index (χ2n) is 3.67. The largest absolute Gasteiger partial charge is 0.396 e. The lowest BCUT2D eigenvalue weighted by Gasteiger charge is -2.10. The predicted molar refractivity (Wildman–Crippen MR) is 70.5 cm³/mol. The number of nitrogen functional groups attached to an aromatic ring is 1. The SMILES string of the molecule is Nc1cc(S(=O)(=O)NCCOCC(F)F)c(Br)cc1F. The maximum atomic E-state index is 13.1. The second-order valence-corrected chi connectivity index (χ2v) is 6.26. The molecule has 0 spiro atoms. The quantitative estimate of drug-likeness (QED) is 0.560. The summed E-state index contributed by atoms with van der Waals surface area (Å²) >= 11 is 2.91. The summed E-state index contributed by atoms with van der Waals surface area (Å²) < 4.78 is 67.1. The van der Waals surface area contributed by atoms with Crippen LogP contribution < -0.4 is 10.5 Å². The van der Waals surface area contributed by atoms with E-state index in [4.69, 9.17) is 5.73 Å². The van der Waals surface area contributed by atoms with Gasteiger partial charge in [-0.3, -0.25) is 0 Å². The number of hydrogen-bond acceptors (Lipinski definition) is 4. The summed E-state index contributed by atoms with van der Waals surface area (Å²) in [6.45, 7) is -1.18. The van der Waals surface area contributed by atoms with Crippen molar-refractivity contribution in [3.63, 3.8) is 0 Å². The summed E-state index contributed by atoms with van der Waals surface area (Å²) in [6.07, 6.45) is -2.61. The van der Waals surface area contributed by atoms with E-state index in [1.807, 2.05) is 0 Å². The molecule has 1 aromatic rings. The highest BCUT2D eigenvalue weighted by atomic mass is 79.9. The van der Waals surface area contributed by atoms with E-state index < -0.39 is 28.9 Å². The van der Waals surface area contributed by atoms with Gasteiger partial charge in [-0.15, -0.1) is 0 Å². The van der Waals surface area contributed by atoms with E-state index in [-0.39, 0.29) is 28.2 Å². The highest BCUT2D eigenvalue weighted by Gasteiger charge is 2.19. The van der Waals surface area contributed by atoms with Crippen molar-refractivity contribution in [2.24, 2.45) is 0 Å². The van der Waals surface area contributed by atoms with E-state index in [0.29, 0.717) is 0 Å². The summed E-state index contributed by atoms with van der Waals surface area (Å²) in [5.74, 6) is -0.754. The number of sulfonamides is 1. The Kier molecular flexibility index (Phi) is 6.24. The molecule has 20 heavy (non-hydrogen) atoms. The molecule has 5 nitrogen and oxygen atoms in total. The first-order chi connectivity index (χ1) is 9.24. The zero-order valence-electron chi connectivity index (χ0n) is 10.1. The Balaban J connectivity index is 2.68. The van der Waals surface area contributed by atoms with Gasteiger partial charge in [0.25, 0.3) is 6.43 Å². The van der Waals surface area contributed by atoms with Crippen LogP contribution in [0.1, 0.15) is 0 Å². The van der Waals surface area contributed by atoms with Crippen LogP contribution in [0.2, 0.25) is 0 Å². The number of rotatable bonds is 7. The molecular weight excluding hydrogens is 365 g/mol.